The lowest BCUT2D eigenvalue weighted by atomic mass is 10.1. The van der Waals surface area contributed by atoms with Crippen LogP contribution in [0.4, 0.5) is 0 Å². The second-order valence-corrected chi connectivity index (χ2v) is 4.04. The molecular formula is C13H19NO2. The molecule has 0 radical (unpaired) electrons. The normalized spacial score (nSPS) is 10.5. The van der Waals surface area contributed by atoms with E-state index in [0.717, 1.165) is 12.3 Å². The van der Waals surface area contributed by atoms with Crippen molar-refractivity contribution in [1.82, 2.24) is 5.32 Å². The molecule has 0 aliphatic heterocycles. The third kappa shape index (κ3) is 4.45. The van der Waals surface area contributed by atoms with Crippen LogP contribution in [-0.2, 0) is 0 Å². The van der Waals surface area contributed by atoms with Gasteiger partial charge in [0.25, 0.3) is 0 Å². The fraction of sp³-hybridized carbons (Fsp3) is 0.462. The van der Waals surface area contributed by atoms with Gasteiger partial charge in [0.05, 0.1) is 0 Å². The minimum atomic E-state index is 0.0609. The maximum atomic E-state index is 11.1. The van der Waals surface area contributed by atoms with E-state index in [9.17, 15) is 4.79 Å². The number of nitrogens with one attached hydrogen (secondary N) is 1. The maximum Gasteiger partial charge on any atom is 0.159 e. The van der Waals surface area contributed by atoms with E-state index in [4.69, 9.17) is 4.74 Å². The highest BCUT2D eigenvalue weighted by Gasteiger charge is 2.00. The molecule has 88 valence electrons. The minimum Gasteiger partial charge on any atom is -0.492 e. The highest BCUT2D eigenvalue weighted by atomic mass is 16.5. The molecule has 3 nitrogen and oxygen atoms in total. The van der Waals surface area contributed by atoms with E-state index in [0.29, 0.717) is 18.2 Å². The maximum absolute atomic E-state index is 11.1. The number of benzene rings is 1. The monoisotopic (exact) mass is 221 g/mol. The first-order chi connectivity index (χ1) is 7.59. The molecule has 0 atom stereocenters. The van der Waals surface area contributed by atoms with Crippen molar-refractivity contribution in [2.45, 2.75) is 26.8 Å². The molecule has 1 N–H and O–H groups in total. The molecule has 1 aromatic carbocycles. The quantitative estimate of drug-likeness (QED) is 0.591. The third-order valence-corrected chi connectivity index (χ3v) is 2.16. The Morgan fingerprint density at radius 1 is 1.44 bits per heavy atom. The Morgan fingerprint density at radius 3 is 2.81 bits per heavy atom. The Labute approximate surface area is 96.8 Å². The van der Waals surface area contributed by atoms with Gasteiger partial charge in [-0.2, -0.15) is 0 Å². The van der Waals surface area contributed by atoms with E-state index < -0.39 is 0 Å². The van der Waals surface area contributed by atoms with Crippen molar-refractivity contribution in [2.24, 2.45) is 0 Å². The molecule has 1 aromatic rings. The van der Waals surface area contributed by atoms with Crippen LogP contribution in [0.3, 0.4) is 0 Å². The predicted octanol–water partition coefficient (Wildman–Crippen LogP) is 2.27. The second-order valence-electron chi connectivity index (χ2n) is 4.04. The molecule has 0 saturated heterocycles. The fourth-order valence-electron chi connectivity index (χ4n) is 1.32. The molecule has 0 unspecified atom stereocenters. The van der Waals surface area contributed by atoms with Gasteiger partial charge in [-0.05, 0) is 19.1 Å². The van der Waals surface area contributed by atoms with Crippen LogP contribution in [0.25, 0.3) is 0 Å². The zero-order valence-electron chi connectivity index (χ0n) is 10.1. The van der Waals surface area contributed by atoms with Crippen molar-refractivity contribution >= 4 is 5.78 Å². The molecule has 0 heterocycles. The van der Waals surface area contributed by atoms with Gasteiger partial charge in [-0.25, -0.2) is 0 Å². The van der Waals surface area contributed by atoms with Gasteiger partial charge in [-0.3, -0.25) is 4.79 Å². The van der Waals surface area contributed by atoms with Crippen molar-refractivity contribution in [2.75, 3.05) is 13.2 Å². The van der Waals surface area contributed by atoms with Crippen LogP contribution in [-0.4, -0.2) is 25.0 Å². The van der Waals surface area contributed by atoms with Crippen LogP contribution < -0.4 is 10.1 Å². The van der Waals surface area contributed by atoms with Crippen LogP contribution in [0, 0.1) is 0 Å². The van der Waals surface area contributed by atoms with Gasteiger partial charge in [0.15, 0.2) is 5.78 Å². The topological polar surface area (TPSA) is 38.3 Å². The van der Waals surface area contributed by atoms with E-state index in [1.165, 1.54) is 0 Å². The van der Waals surface area contributed by atoms with Crippen molar-refractivity contribution in [3.05, 3.63) is 29.8 Å². The average Bonchev–Trinajstić information content (AvgIpc) is 2.24. The summed E-state index contributed by atoms with van der Waals surface area (Å²) in [6.45, 7) is 7.16. The molecule has 1 rings (SSSR count). The first kappa shape index (κ1) is 12.7. The molecule has 0 spiro atoms. The molecule has 0 saturated carbocycles. The number of Topliss-reactive ketones (excluding diaryl/α,β-unsaturated/α-hetero) is 1. The summed E-state index contributed by atoms with van der Waals surface area (Å²) in [6.07, 6.45) is 0. The number of hydrogen-bond acceptors (Lipinski definition) is 3. The van der Waals surface area contributed by atoms with E-state index in [1.807, 2.05) is 12.1 Å². The molecule has 0 amide bonds. The standard InChI is InChI=1S/C13H19NO2/c1-10(2)14-7-8-16-13-6-4-5-12(9-13)11(3)15/h4-6,9-10,14H,7-8H2,1-3H3. The van der Waals surface area contributed by atoms with Gasteiger partial charge in [-0.15, -0.1) is 0 Å². The zero-order valence-corrected chi connectivity index (χ0v) is 10.1. The van der Waals surface area contributed by atoms with Crippen molar-refractivity contribution in [3.8, 4) is 5.75 Å². The third-order valence-electron chi connectivity index (χ3n) is 2.16. The summed E-state index contributed by atoms with van der Waals surface area (Å²) in [5, 5.41) is 3.26. The van der Waals surface area contributed by atoms with Gasteiger partial charge >= 0.3 is 0 Å². The van der Waals surface area contributed by atoms with Gasteiger partial charge in [0.2, 0.25) is 0 Å². The number of ether oxygens (including phenoxy) is 1. The lowest BCUT2D eigenvalue weighted by Crippen LogP contribution is -2.27. The summed E-state index contributed by atoms with van der Waals surface area (Å²) in [7, 11) is 0. The van der Waals surface area contributed by atoms with Crippen molar-refractivity contribution in [3.63, 3.8) is 0 Å². The lowest BCUT2D eigenvalue weighted by Gasteiger charge is -2.10. The first-order valence-electron chi connectivity index (χ1n) is 5.57. The molecule has 16 heavy (non-hydrogen) atoms. The number of ketones is 1. The van der Waals surface area contributed by atoms with Gasteiger partial charge in [-0.1, -0.05) is 26.0 Å². The summed E-state index contributed by atoms with van der Waals surface area (Å²) in [5.41, 5.74) is 0.689. The largest absolute Gasteiger partial charge is 0.492 e. The van der Waals surface area contributed by atoms with Crippen LogP contribution in [0.1, 0.15) is 31.1 Å². The van der Waals surface area contributed by atoms with Crippen LogP contribution in [0.5, 0.6) is 5.75 Å². The van der Waals surface area contributed by atoms with E-state index in [-0.39, 0.29) is 5.78 Å². The lowest BCUT2D eigenvalue weighted by molar-refractivity contribution is 0.101. The SMILES string of the molecule is CC(=O)c1cccc(OCCNC(C)C)c1. The van der Waals surface area contributed by atoms with Crippen LogP contribution >= 0.6 is 0 Å². The smallest absolute Gasteiger partial charge is 0.159 e. The summed E-state index contributed by atoms with van der Waals surface area (Å²) in [6, 6.07) is 7.73. The van der Waals surface area contributed by atoms with E-state index in [1.54, 1.807) is 19.1 Å². The molecule has 0 bridgehead atoms. The fourth-order valence-corrected chi connectivity index (χ4v) is 1.32. The highest BCUT2D eigenvalue weighted by Crippen LogP contribution is 2.13. The zero-order chi connectivity index (χ0) is 12.0. The Kier molecular flexibility index (Phi) is 4.99. The van der Waals surface area contributed by atoms with Crippen LogP contribution in [0.15, 0.2) is 24.3 Å². The van der Waals surface area contributed by atoms with Crippen molar-refractivity contribution < 1.29 is 9.53 Å². The summed E-state index contributed by atoms with van der Waals surface area (Å²) < 4.78 is 5.53. The molecule has 0 aromatic heterocycles. The van der Waals surface area contributed by atoms with E-state index >= 15 is 0 Å². The molecule has 0 fully saturated rings. The number of carbonyl (C=O) groups is 1. The number of rotatable bonds is 6. The minimum absolute atomic E-state index is 0.0609. The van der Waals surface area contributed by atoms with Gasteiger partial charge < -0.3 is 10.1 Å². The first-order valence-corrected chi connectivity index (χ1v) is 5.57. The summed E-state index contributed by atoms with van der Waals surface area (Å²) >= 11 is 0. The highest BCUT2D eigenvalue weighted by molar-refractivity contribution is 5.94. The number of hydrogen-bond donors (Lipinski definition) is 1. The van der Waals surface area contributed by atoms with Gasteiger partial charge in [0, 0.05) is 18.2 Å². The average molecular weight is 221 g/mol. The molecular weight excluding hydrogens is 202 g/mol. The predicted molar refractivity (Wildman–Crippen MR) is 65.1 cm³/mol. The summed E-state index contributed by atoms with van der Waals surface area (Å²) in [4.78, 5) is 11.1. The Morgan fingerprint density at radius 2 is 2.19 bits per heavy atom. The van der Waals surface area contributed by atoms with Crippen molar-refractivity contribution in [1.29, 1.82) is 0 Å². The Bertz CT molecular complexity index is 348. The summed E-state index contributed by atoms with van der Waals surface area (Å²) in [5.74, 6) is 0.809. The Hall–Kier alpha value is -1.35. The van der Waals surface area contributed by atoms with Gasteiger partial charge in [0.1, 0.15) is 12.4 Å². The molecule has 0 aliphatic rings. The van der Waals surface area contributed by atoms with E-state index in [2.05, 4.69) is 19.2 Å². The molecule has 3 heteroatoms. The van der Waals surface area contributed by atoms with Crippen LogP contribution in [0.2, 0.25) is 0 Å². The molecule has 0 aliphatic carbocycles. The Balaban J connectivity index is 2.42. The second kappa shape index (κ2) is 6.28. The number of carbonyl (C=O) groups excluding carboxylic acids is 1.